The molecule has 0 amide bonds. The SMILES string of the molecule is C=C[SiH](C)OCCCC. The molecule has 0 aliphatic carbocycles. The van der Waals surface area contributed by atoms with Gasteiger partial charge in [-0.15, -0.1) is 6.58 Å². The van der Waals surface area contributed by atoms with Gasteiger partial charge in [0.15, 0.2) is 9.04 Å². The highest BCUT2D eigenvalue weighted by molar-refractivity contribution is 6.55. The fourth-order valence-electron chi connectivity index (χ4n) is 0.482. The molecule has 0 saturated heterocycles. The van der Waals surface area contributed by atoms with Crippen LogP contribution in [0.15, 0.2) is 12.3 Å². The minimum absolute atomic E-state index is 0.926. The Labute approximate surface area is 59.5 Å². The van der Waals surface area contributed by atoms with Gasteiger partial charge in [-0.3, -0.25) is 0 Å². The number of rotatable bonds is 5. The molecule has 9 heavy (non-hydrogen) atoms. The summed E-state index contributed by atoms with van der Waals surface area (Å²) in [5.74, 6) is 0. The molecule has 0 aliphatic rings. The van der Waals surface area contributed by atoms with Crippen molar-refractivity contribution in [2.45, 2.75) is 26.3 Å². The summed E-state index contributed by atoms with van der Waals surface area (Å²) in [6, 6.07) is 0. The molecular weight excluding hydrogens is 128 g/mol. The van der Waals surface area contributed by atoms with Crippen molar-refractivity contribution in [2.24, 2.45) is 0 Å². The third-order valence-electron chi connectivity index (χ3n) is 1.21. The summed E-state index contributed by atoms with van der Waals surface area (Å²) in [4.78, 5) is 0. The Morgan fingerprint density at radius 2 is 2.33 bits per heavy atom. The molecule has 0 rings (SSSR count). The smallest absolute Gasteiger partial charge is 0.197 e. The van der Waals surface area contributed by atoms with Crippen molar-refractivity contribution in [3.63, 3.8) is 0 Å². The fourth-order valence-corrected chi connectivity index (χ4v) is 1.16. The second-order valence-corrected chi connectivity index (χ2v) is 4.38. The standard InChI is InChI=1S/C7H16OSi/c1-4-6-7-8-9(3)5-2/h5,9H,2,4,6-7H2,1,3H3. The van der Waals surface area contributed by atoms with E-state index in [4.69, 9.17) is 4.43 Å². The van der Waals surface area contributed by atoms with Crippen LogP contribution in [0.5, 0.6) is 0 Å². The quantitative estimate of drug-likeness (QED) is 0.423. The molecule has 1 atom stereocenters. The molecule has 0 aliphatic heterocycles. The molecule has 0 saturated carbocycles. The first-order valence-corrected chi connectivity index (χ1v) is 5.84. The van der Waals surface area contributed by atoms with Gasteiger partial charge in [0.1, 0.15) is 0 Å². The predicted octanol–water partition coefficient (Wildman–Crippen LogP) is 1.88. The maximum Gasteiger partial charge on any atom is 0.197 e. The lowest BCUT2D eigenvalue weighted by Gasteiger charge is -2.04. The van der Waals surface area contributed by atoms with Crippen LogP contribution in [0, 0.1) is 0 Å². The summed E-state index contributed by atoms with van der Waals surface area (Å²) < 4.78 is 5.45. The number of unbranched alkanes of at least 4 members (excludes halogenated alkanes) is 1. The third-order valence-corrected chi connectivity index (χ3v) is 2.64. The Hall–Kier alpha value is -0.0831. The van der Waals surface area contributed by atoms with Gasteiger partial charge in [-0.05, 0) is 13.0 Å². The maximum absolute atomic E-state index is 5.45. The lowest BCUT2D eigenvalue weighted by Crippen LogP contribution is -2.10. The predicted molar refractivity (Wildman–Crippen MR) is 44.1 cm³/mol. The normalized spacial score (nSPS) is 13.1. The van der Waals surface area contributed by atoms with E-state index in [1.54, 1.807) is 0 Å². The van der Waals surface area contributed by atoms with Crippen LogP contribution in [-0.4, -0.2) is 15.6 Å². The molecule has 0 bridgehead atoms. The topological polar surface area (TPSA) is 9.23 Å². The van der Waals surface area contributed by atoms with Crippen molar-refractivity contribution in [1.29, 1.82) is 0 Å². The highest BCUT2D eigenvalue weighted by Gasteiger charge is 1.94. The first-order valence-electron chi connectivity index (χ1n) is 3.55. The van der Waals surface area contributed by atoms with Crippen molar-refractivity contribution < 1.29 is 4.43 Å². The lowest BCUT2D eigenvalue weighted by atomic mass is 10.4. The molecule has 0 N–H and O–H groups in total. The van der Waals surface area contributed by atoms with E-state index < -0.39 is 9.04 Å². The van der Waals surface area contributed by atoms with Crippen LogP contribution in [0.3, 0.4) is 0 Å². The summed E-state index contributed by atoms with van der Waals surface area (Å²) in [7, 11) is -0.949. The molecular formula is C7H16OSi. The molecule has 0 radical (unpaired) electrons. The Morgan fingerprint density at radius 1 is 1.67 bits per heavy atom. The maximum atomic E-state index is 5.45. The van der Waals surface area contributed by atoms with Gasteiger partial charge in [0.25, 0.3) is 0 Å². The Bertz CT molecular complexity index is 73.3. The summed E-state index contributed by atoms with van der Waals surface area (Å²) in [5, 5.41) is 0. The zero-order valence-corrected chi connectivity index (χ0v) is 7.55. The second-order valence-electron chi connectivity index (χ2n) is 2.17. The number of hydrogen-bond acceptors (Lipinski definition) is 1. The highest BCUT2D eigenvalue weighted by Crippen LogP contribution is 1.91. The van der Waals surface area contributed by atoms with Crippen LogP contribution in [-0.2, 0) is 4.43 Å². The molecule has 54 valence electrons. The average molecular weight is 144 g/mol. The van der Waals surface area contributed by atoms with E-state index in [-0.39, 0.29) is 0 Å². The van der Waals surface area contributed by atoms with Gasteiger partial charge < -0.3 is 4.43 Å². The molecule has 1 unspecified atom stereocenters. The van der Waals surface area contributed by atoms with Gasteiger partial charge in [0.2, 0.25) is 0 Å². The van der Waals surface area contributed by atoms with Crippen LogP contribution in [0.1, 0.15) is 19.8 Å². The van der Waals surface area contributed by atoms with Crippen LogP contribution < -0.4 is 0 Å². The van der Waals surface area contributed by atoms with E-state index in [9.17, 15) is 0 Å². The monoisotopic (exact) mass is 144 g/mol. The second kappa shape index (κ2) is 6.04. The van der Waals surface area contributed by atoms with E-state index in [0.29, 0.717) is 0 Å². The molecule has 0 fully saturated rings. The summed E-state index contributed by atoms with van der Waals surface area (Å²) in [6.45, 7) is 8.91. The van der Waals surface area contributed by atoms with Crippen LogP contribution in [0.2, 0.25) is 6.55 Å². The zero-order valence-electron chi connectivity index (χ0n) is 6.39. The molecule has 1 nitrogen and oxygen atoms in total. The van der Waals surface area contributed by atoms with Crippen molar-refractivity contribution in [1.82, 2.24) is 0 Å². The molecule has 0 spiro atoms. The first kappa shape index (κ1) is 8.92. The molecule has 0 aromatic carbocycles. The van der Waals surface area contributed by atoms with Gasteiger partial charge in [-0.2, -0.15) is 0 Å². The summed E-state index contributed by atoms with van der Waals surface area (Å²) >= 11 is 0. The highest BCUT2D eigenvalue weighted by atomic mass is 28.3. The first-order chi connectivity index (χ1) is 4.31. The zero-order chi connectivity index (χ0) is 7.11. The van der Waals surface area contributed by atoms with Gasteiger partial charge in [-0.25, -0.2) is 0 Å². The van der Waals surface area contributed by atoms with E-state index in [1.807, 2.05) is 5.70 Å². The molecule has 2 heteroatoms. The molecule has 0 heterocycles. The average Bonchev–Trinajstić information content (AvgIpc) is 1.89. The van der Waals surface area contributed by atoms with Crippen LogP contribution in [0.4, 0.5) is 0 Å². The summed E-state index contributed by atoms with van der Waals surface area (Å²) in [5.41, 5.74) is 1.95. The van der Waals surface area contributed by atoms with Gasteiger partial charge in [0, 0.05) is 6.61 Å². The fraction of sp³-hybridized carbons (Fsp3) is 0.714. The van der Waals surface area contributed by atoms with E-state index >= 15 is 0 Å². The minimum atomic E-state index is -0.949. The van der Waals surface area contributed by atoms with E-state index in [2.05, 4.69) is 20.0 Å². The van der Waals surface area contributed by atoms with Crippen LogP contribution in [0.25, 0.3) is 0 Å². The Morgan fingerprint density at radius 3 is 2.78 bits per heavy atom. The van der Waals surface area contributed by atoms with Gasteiger partial charge >= 0.3 is 0 Å². The van der Waals surface area contributed by atoms with Crippen molar-refractivity contribution in [2.75, 3.05) is 6.61 Å². The van der Waals surface area contributed by atoms with Crippen molar-refractivity contribution >= 4 is 9.04 Å². The molecule has 0 aromatic heterocycles. The van der Waals surface area contributed by atoms with Gasteiger partial charge in [0.05, 0.1) is 0 Å². The number of hydrogen-bond donors (Lipinski definition) is 0. The van der Waals surface area contributed by atoms with Gasteiger partial charge in [-0.1, -0.05) is 19.0 Å². The van der Waals surface area contributed by atoms with E-state index in [1.165, 1.54) is 12.8 Å². The van der Waals surface area contributed by atoms with Crippen molar-refractivity contribution in [3.8, 4) is 0 Å². The van der Waals surface area contributed by atoms with Crippen LogP contribution >= 0.6 is 0 Å². The largest absolute Gasteiger partial charge is 0.416 e. The third kappa shape index (κ3) is 5.79. The Kier molecular flexibility index (Phi) is 5.99. The summed E-state index contributed by atoms with van der Waals surface area (Å²) in [6.07, 6.45) is 2.41. The van der Waals surface area contributed by atoms with Crippen molar-refractivity contribution in [3.05, 3.63) is 12.3 Å². The van der Waals surface area contributed by atoms with E-state index in [0.717, 1.165) is 6.61 Å². The minimum Gasteiger partial charge on any atom is -0.416 e. The lowest BCUT2D eigenvalue weighted by molar-refractivity contribution is 0.320. The molecule has 0 aromatic rings. The Balaban J connectivity index is 2.96.